The van der Waals surface area contributed by atoms with Gasteiger partial charge in [-0.3, -0.25) is 9.59 Å². The van der Waals surface area contributed by atoms with Crippen LogP contribution in [0.15, 0.2) is 4.52 Å². The lowest BCUT2D eigenvalue weighted by Gasteiger charge is -2.35. The summed E-state index contributed by atoms with van der Waals surface area (Å²) in [4.78, 5) is 31.3. The number of piperidine rings is 1. The molecule has 2 heterocycles. The smallest absolute Gasteiger partial charge is 0.226 e. The maximum Gasteiger partial charge on any atom is 0.226 e. The van der Waals surface area contributed by atoms with Crippen LogP contribution < -0.4 is 5.32 Å². The summed E-state index contributed by atoms with van der Waals surface area (Å²) >= 11 is 0. The maximum atomic E-state index is 12.6. The quantitative estimate of drug-likeness (QED) is 0.785. The third-order valence-electron chi connectivity index (χ3n) is 6.06. The van der Waals surface area contributed by atoms with Gasteiger partial charge in [-0.1, -0.05) is 45.2 Å². The van der Waals surface area contributed by atoms with Gasteiger partial charge in [0.2, 0.25) is 17.7 Å². The lowest BCUT2D eigenvalue weighted by Crippen LogP contribution is -2.48. The van der Waals surface area contributed by atoms with E-state index >= 15 is 0 Å². The van der Waals surface area contributed by atoms with Gasteiger partial charge in [0.25, 0.3) is 0 Å². The van der Waals surface area contributed by atoms with Crippen molar-refractivity contribution in [3.63, 3.8) is 0 Å². The zero-order chi connectivity index (χ0) is 20.9. The molecule has 1 aliphatic heterocycles. The molecule has 2 amide bonds. The second kappa shape index (κ2) is 9.72. The van der Waals surface area contributed by atoms with Crippen LogP contribution in [0.5, 0.6) is 0 Å². The molecule has 0 radical (unpaired) electrons. The molecule has 29 heavy (non-hydrogen) atoms. The molecule has 2 fully saturated rings. The Morgan fingerprint density at radius 3 is 2.41 bits per heavy atom. The Kier molecular flexibility index (Phi) is 7.30. The highest BCUT2D eigenvalue weighted by molar-refractivity contribution is 5.79. The van der Waals surface area contributed by atoms with Gasteiger partial charge >= 0.3 is 0 Å². The standard InChI is InChI=1S/C22H36N4O3/c1-22(2,3)21-24-19(29-25-21)11-7-10-18(27)23-17-12-14-26(15-13-17)20(28)16-8-5-4-6-9-16/h16-17H,4-15H2,1-3H3,(H,23,27). The predicted octanol–water partition coefficient (Wildman–Crippen LogP) is 3.38. The molecular weight excluding hydrogens is 368 g/mol. The zero-order valence-corrected chi connectivity index (χ0v) is 18.2. The first-order valence-electron chi connectivity index (χ1n) is 11.2. The van der Waals surface area contributed by atoms with Crippen molar-refractivity contribution in [1.29, 1.82) is 0 Å². The van der Waals surface area contributed by atoms with Gasteiger partial charge in [-0.05, 0) is 32.1 Å². The molecule has 7 nitrogen and oxygen atoms in total. The summed E-state index contributed by atoms with van der Waals surface area (Å²) in [6.07, 6.45) is 9.19. The molecule has 1 aromatic heterocycles. The van der Waals surface area contributed by atoms with E-state index in [9.17, 15) is 9.59 Å². The van der Waals surface area contributed by atoms with E-state index in [2.05, 4.69) is 15.5 Å². The molecule has 1 saturated carbocycles. The van der Waals surface area contributed by atoms with Crippen LogP contribution in [0, 0.1) is 5.92 Å². The Morgan fingerprint density at radius 1 is 1.10 bits per heavy atom. The number of aryl methyl sites for hydroxylation is 1. The number of amides is 2. The van der Waals surface area contributed by atoms with Crippen molar-refractivity contribution in [2.45, 2.75) is 96.4 Å². The molecule has 3 rings (SSSR count). The molecule has 1 aliphatic carbocycles. The number of nitrogens with one attached hydrogen (secondary N) is 1. The SMILES string of the molecule is CC(C)(C)c1noc(CCCC(=O)NC2CCN(C(=O)C3CCCCC3)CC2)n1. The molecule has 2 aliphatic rings. The Morgan fingerprint density at radius 2 is 1.79 bits per heavy atom. The molecule has 0 spiro atoms. The first kappa shape index (κ1) is 21.8. The number of hydrogen-bond donors (Lipinski definition) is 1. The largest absolute Gasteiger partial charge is 0.353 e. The van der Waals surface area contributed by atoms with Crippen LogP contribution >= 0.6 is 0 Å². The molecule has 0 atom stereocenters. The van der Waals surface area contributed by atoms with Gasteiger partial charge < -0.3 is 14.7 Å². The highest BCUT2D eigenvalue weighted by atomic mass is 16.5. The summed E-state index contributed by atoms with van der Waals surface area (Å²) < 4.78 is 5.28. The van der Waals surface area contributed by atoms with E-state index in [0.29, 0.717) is 36.9 Å². The average Bonchev–Trinajstić information content (AvgIpc) is 3.18. The van der Waals surface area contributed by atoms with Crippen LogP contribution in [0.4, 0.5) is 0 Å². The van der Waals surface area contributed by atoms with E-state index in [-0.39, 0.29) is 23.3 Å². The van der Waals surface area contributed by atoms with Crippen molar-refractivity contribution in [3.8, 4) is 0 Å². The van der Waals surface area contributed by atoms with Crippen molar-refractivity contribution in [2.75, 3.05) is 13.1 Å². The number of aromatic nitrogens is 2. The van der Waals surface area contributed by atoms with Gasteiger partial charge in [0.15, 0.2) is 5.82 Å². The molecule has 0 unspecified atom stereocenters. The molecule has 1 saturated heterocycles. The molecule has 1 N–H and O–H groups in total. The van der Waals surface area contributed by atoms with E-state index in [1.807, 2.05) is 25.7 Å². The Labute approximate surface area is 174 Å². The number of rotatable bonds is 6. The second-order valence-electron chi connectivity index (χ2n) is 9.62. The first-order chi connectivity index (χ1) is 13.8. The number of hydrogen-bond acceptors (Lipinski definition) is 5. The monoisotopic (exact) mass is 404 g/mol. The number of nitrogens with zero attached hydrogens (tertiary/aromatic N) is 3. The van der Waals surface area contributed by atoms with Crippen molar-refractivity contribution in [1.82, 2.24) is 20.4 Å². The minimum atomic E-state index is -0.133. The van der Waals surface area contributed by atoms with Gasteiger partial charge in [-0.25, -0.2) is 0 Å². The number of carbonyl (C=O) groups is 2. The highest BCUT2D eigenvalue weighted by Gasteiger charge is 2.29. The van der Waals surface area contributed by atoms with Gasteiger partial charge in [0, 0.05) is 43.3 Å². The fraction of sp³-hybridized carbons (Fsp3) is 0.818. The van der Waals surface area contributed by atoms with E-state index < -0.39 is 0 Å². The van der Waals surface area contributed by atoms with E-state index in [4.69, 9.17) is 4.52 Å². The Balaban J connectivity index is 1.33. The van der Waals surface area contributed by atoms with Gasteiger partial charge in [0.1, 0.15) is 0 Å². The molecule has 0 aromatic carbocycles. The average molecular weight is 405 g/mol. The molecule has 162 valence electrons. The molecular formula is C22H36N4O3. The third kappa shape index (κ3) is 6.28. The van der Waals surface area contributed by atoms with E-state index in [1.165, 1.54) is 19.3 Å². The first-order valence-corrected chi connectivity index (χ1v) is 11.2. The highest BCUT2D eigenvalue weighted by Crippen LogP contribution is 2.26. The van der Waals surface area contributed by atoms with Crippen molar-refractivity contribution < 1.29 is 14.1 Å². The lowest BCUT2D eigenvalue weighted by atomic mass is 9.87. The van der Waals surface area contributed by atoms with Crippen LogP contribution in [0.3, 0.4) is 0 Å². The van der Waals surface area contributed by atoms with Gasteiger partial charge in [-0.2, -0.15) is 4.98 Å². The van der Waals surface area contributed by atoms with Crippen LogP contribution in [0.1, 0.15) is 90.3 Å². The Bertz CT molecular complexity index is 680. The summed E-state index contributed by atoms with van der Waals surface area (Å²) in [5.41, 5.74) is -0.133. The maximum absolute atomic E-state index is 12.6. The fourth-order valence-corrected chi connectivity index (χ4v) is 4.21. The van der Waals surface area contributed by atoms with Gasteiger partial charge in [-0.15, -0.1) is 0 Å². The minimum Gasteiger partial charge on any atom is -0.353 e. The van der Waals surface area contributed by atoms with Crippen LogP contribution in [-0.2, 0) is 21.4 Å². The third-order valence-corrected chi connectivity index (χ3v) is 6.06. The number of likely N-dealkylation sites (tertiary alicyclic amines) is 1. The molecule has 1 aromatic rings. The summed E-state index contributed by atoms with van der Waals surface area (Å²) in [6.45, 7) is 7.66. The van der Waals surface area contributed by atoms with Crippen molar-refractivity contribution in [3.05, 3.63) is 11.7 Å². The van der Waals surface area contributed by atoms with E-state index in [0.717, 1.165) is 38.8 Å². The summed E-state index contributed by atoms with van der Waals surface area (Å²) in [6, 6.07) is 0.175. The van der Waals surface area contributed by atoms with Crippen molar-refractivity contribution in [2.24, 2.45) is 5.92 Å². The minimum absolute atomic E-state index is 0.0672. The van der Waals surface area contributed by atoms with Crippen LogP contribution in [0.25, 0.3) is 0 Å². The van der Waals surface area contributed by atoms with Crippen molar-refractivity contribution >= 4 is 11.8 Å². The summed E-state index contributed by atoms with van der Waals surface area (Å²) in [7, 11) is 0. The Hall–Kier alpha value is -1.92. The normalized spacial score (nSPS) is 19.3. The fourth-order valence-electron chi connectivity index (χ4n) is 4.21. The topological polar surface area (TPSA) is 88.3 Å². The lowest BCUT2D eigenvalue weighted by molar-refractivity contribution is -0.137. The van der Waals surface area contributed by atoms with Gasteiger partial charge in [0.05, 0.1) is 0 Å². The second-order valence-corrected chi connectivity index (χ2v) is 9.62. The number of carbonyl (C=O) groups excluding carboxylic acids is 2. The predicted molar refractivity (Wildman–Crippen MR) is 110 cm³/mol. The summed E-state index contributed by atoms with van der Waals surface area (Å²) in [5, 5.41) is 7.14. The molecule has 7 heteroatoms. The van der Waals surface area contributed by atoms with Crippen LogP contribution in [0.2, 0.25) is 0 Å². The zero-order valence-electron chi connectivity index (χ0n) is 18.2. The van der Waals surface area contributed by atoms with E-state index in [1.54, 1.807) is 0 Å². The molecule has 0 bridgehead atoms. The summed E-state index contributed by atoms with van der Waals surface area (Å²) in [5.74, 6) is 1.93. The van der Waals surface area contributed by atoms with Crippen LogP contribution in [-0.4, -0.2) is 46.0 Å².